The largest absolute Gasteiger partial charge is 0.573 e. The molecule has 0 N–H and O–H groups in total. The Morgan fingerprint density at radius 1 is 1.13 bits per heavy atom. The predicted molar refractivity (Wildman–Crippen MR) is 94.2 cm³/mol. The van der Waals surface area contributed by atoms with E-state index in [1.807, 2.05) is 6.92 Å². The summed E-state index contributed by atoms with van der Waals surface area (Å²) in [6.07, 6.45) is -5.51. The van der Waals surface area contributed by atoms with Crippen molar-refractivity contribution in [2.24, 2.45) is 5.92 Å². The summed E-state index contributed by atoms with van der Waals surface area (Å²) in [7, 11) is 0. The summed E-state index contributed by atoms with van der Waals surface area (Å²) in [5.41, 5.74) is 0. The van der Waals surface area contributed by atoms with Gasteiger partial charge in [0.1, 0.15) is 11.5 Å². The molecule has 2 atom stereocenters. The van der Waals surface area contributed by atoms with Crippen LogP contribution in [0, 0.1) is 5.92 Å². The fourth-order valence-corrected chi connectivity index (χ4v) is 3.69. The van der Waals surface area contributed by atoms with E-state index in [1.165, 1.54) is 4.90 Å². The molecule has 2 heterocycles. The van der Waals surface area contributed by atoms with Crippen LogP contribution in [0.3, 0.4) is 0 Å². The highest BCUT2D eigenvalue weighted by molar-refractivity contribution is 5.77. The van der Waals surface area contributed by atoms with Gasteiger partial charge in [0, 0.05) is 25.9 Å². The molecule has 2 fully saturated rings. The van der Waals surface area contributed by atoms with Crippen LogP contribution in [0.25, 0.3) is 0 Å². The lowest BCUT2D eigenvalue weighted by atomic mass is 9.94. The van der Waals surface area contributed by atoms with E-state index >= 15 is 0 Å². The molecule has 11 heteroatoms. The first-order chi connectivity index (χ1) is 13.9. The predicted octanol–water partition coefficient (Wildman–Crippen LogP) is 4.05. The molecular weight excluding hydrogens is 415 g/mol. The Bertz CT molecular complexity index is 784. The Morgan fingerprint density at radius 3 is 2.40 bits per heavy atom. The first-order valence-electron chi connectivity index (χ1n) is 9.42. The van der Waals surface area contributed by atoms with Crippen molar-refractivity contribution in [2.75, 3.05) is 19.6 Å². The topological polar surface area (TPSA) is 59.1 Å². The van der Waals surface area contributed by atoms with Crippen LogP contribution in [0.15, 0.2) is 24.3 Å². The van der Waals surface area contributed by atoms with Gasteiger partial charge in [-0.1, -0.05) is 6.92 Å². The molecule has 0 radical (unpaired) electrons. The van der Waals surface area contributed by atoms with Crippen LogP contribution < -0.4 is 9.47 Å². The van der Waals surface area contributed by atoms with Crippen LogP contribution in [-0.4, -0.2) is 59.8 Å². The van der Waals surface area contributed by atoms with Gasteiger partial charge in [-0.05, 0) is 36.6 Å². The summed E-state index contributed by atoms with van der Waals surface area (Å²) in [4.78, 5) is 26.8. The second-order valence-corrected chi connectivity index (χ2v) is 7.67. The van der Waals surface area contributed by atoms with Crippen LogP contribution >= 0.6 is 0 Å². The van der Waals surface area contributed by atoms with E-state index in [9.17, 15) is 31.5 Å². The Hall–Kier alpha value is -2.59. The molecule has 1 aromatic rings. The van der Waals surface area contributed by atoms with Gasteiger partial charge in [-0.3, -0.25) is 9.69 Å². The number of alkyl halides is 5. The third-order valence-electron chi connectivity index (χ3n) is 5.03. The second-order valence-electron chi connectivity index (χ2n) is 7.67. The van der Waals surface area contributed by atoms with Gasteiger partial charge in [-0.15, -0.1) is 13.2 Å². The van der Waals surface area contributed by atoms with Gasteiger partial charge in [-0.2, -0.15) is 0 Å². The number of carbonyl (C=O) groups excluding carboxylic acids is 2. The fraction of sp³-hybridized carbons (Fsp3) is 0.579. The SMILES string of the molecule is CC1CCC(=O)N([C@H]2CN(C(=O)Oc3ccc(OC(F)(F)F)cc3)CC(F)(F)C2)C1. The number of halogens is 5. The molecule has 3 rings (SSSR count). The maximum atomic E-state index is 14.3. The summed E-state index contributed by atoms with van der Waals surface area (Å²) in [5.74, 6) is -3.87. The zero-order valence-corrected chi connectivity index (χ0v) is 16.1. The normalized spacial score (nSPS) is 24.5. The lowest BCUT2D eigenvalue weighted by Crippen LogP contribution is -2.59. The lowest BCUT2D eigenvalue weighted by Gasteiger charge is -2.44. The molecule has 2 aliphatic rings. The van der Waals surface area contributed by atoms with Crippen molar-refractivity contribution in [3.05, 3.63) is 24.3 Å². The molecule has 0 saturated carbocycles. The van der Waals surface area contributed by atoms with Crippen LogP contribution in [-0.2, 0) is 4.79 Å². The molecule has 1 unspecified atom stereocenters. The number of carbonyl (C=O) groups is 2. The first-order valence-corrected chi connectivity index (χ1v) is 9.42. The number of ether oxygens (including phenoxy) is 2. The van der Waals surface area contributed by atoms with E-state index in [1.54, 1.807) is 0 Å². The third kappa shape index (κ3) is 5.73. The average Bonchev–Trinajstić information content (AvgIpc) is 2.62. The Kier molecular flexibility index (Phi) is 6.09. The maximum absolute atomic E-state index is 14.3. The Balaban J connectivity index is 1.66. The maximum Gasteiger partial charge on any atom is 0.573 e. The monoisotopic (exact) mass is 436 g/mol. The minimum atomic E-state index is -4.87. The van der Waals surface area contributed by atoms with Crippen molar-refractivity contribution in [2.45, 2.75) is 44.5 Å². The van der Waals surface area contributed by atoms with E-state index in [4.69, 9.17) is 4.74 Å². The number of benzene rings is 1. The van der Waals surface area contributed by atoms with E-state index in [0.29, 0.717) is 13.0 Å². The Morgan fingerprint density at radius 2 is 1.77 bits per heavy atom. The molecule has 2 amide bonds. The zero-order chi connectivity index (χ0) is 22.1. The van der Waals surface area contributed by atoms with Crippen LogP contribution in [0.1, 0.15) is 26.2 Å². The Labute approximate surface area is 169 Å². The highest BCUT2D eigenvalue weighted by Crippen LogP contribution is 2.32. The molecule has 2 aliphatic heterocycles. The number of rotatable bonds is 3. The zero-order valence-electron chi connectivity index (χ0n) is 16.1. The van der Waals surface area contributed by atoms with Crippen molar-refractivity contribution in [1.29, 1.82) is 0 Å². The van der Waals surface area contributed by atoms with E-state index < -0.39 is 43.1 Å². The molecule has 166 valence electrons. The minimum Gasteiger partial charge on any atom is -0.410 e. The minimum absolute atomic E-state index is 0.109. The van der Waals surface area contributed by atoms with Crippen molar-refractivity contribution in [3.8, 4) is 11.5 Å². The van der Waals surface area contributed by atoms with E-state index in [2.05, 4.69) is 4.74 Å². The van der Waals surface area contributed by atoms with Crippen LogP contribution in [0.5, 0.6) is 11.5 Å². The number of hydrogen-bond acceptors (Lipinski definition) is 4. The summed E-state index contributed by atoms with van der Waals surface area (Å²) in [5, 5.41) is 0. The van der Waals surface area contributed by atoms with Crippen LogP contribution in [0.2, 0.25) is 0 Å². The second kappa shape index (κ2) is 8.27. The van der Waals surface area contributed by atoms with Crippen molar-refractivity contribution in [3.63, 3.8) is 0 Å². The lowest BCUT2D eigenvalue weighted by molar-refractivity contribution is -0.274. The fourth-order valence-electron chi connectivity index (χ4n) is 3.69. The van der Waals surface area contributed by atoms with Crippen molar-refractivity contribution >= 4 is 12.0 Å². The summed E-state index contributed by atoms with van der Waals surface area (Å²) >= 11 is 0. The molecule has 0 aromatic heterocycles. The van der Waals surface area contributed by atoms with Gasteiger partial charge in [0.25, 0.3) is 5.92 Å². The molecule has 0 aliphatic carbocycles. The molecular formula is C19H21F5N2O4. The van der Waals surface area contributed by atoms with Gasteiger partial charge >= 0.3 is 12.5 Å². The van der Waals surface area contributed by atoms with Crippen LogP contribution in [0.4, 0.5) is 26.7 Å². The number of nitrogens with zero attached hydrogens (tertiary/aromatic N) is 2. The quantitative estimate of drug-likeness (QED) is 0.671. The highest BCUT2D eigenvalue weighted by Gasteiger charge is 2.46. The summed E-state index contributed by atoms with van der Waals surface area (Å²) < 4.78 is 73.9. The van der Waals surface area contributed by atoms with Gasteiger partial charge in [0.2, 0.25) is 5.91 Å². The molecule has 30 heavy (non-hydrogen) atoms. The van der Waals surface area contributed by atoms with Gasteiger partial charge in [0.15, 0.2) is 0 Å². The molecule has 1 aromatic carbocycles. The average molecular weight is 436 g/mol. The smallest absolute Gasteiger partial charge is 0.410 e. The molecule has 2 saturated heterocycles. The number of likely N-dealkylation sites (tertiary alicyclic amines) is 2. The number of piperidine rings is 2. The van der Waals surface area contributed by atoms with Crippen molar-refractivity contribution in [1.82, 2.24) is 9.80 Å². The third-order valence-corrected chi connectivity index (χ3v) is 5.03. The van der Waals surface area contributed by atoms with E-state index in [0.717, 1.165) is 29.2 Å². The molecule has 0 spiro atoms. The highest BCUT2D eigenvalue weighted by atomic mass is 19.4. The van der Waals surface area contributed by atoms with Gasteiger partial charge in [-0.25, -0.2) is 13.6 Å². The number of amides is 2. The summed E-state index contributed by atoms with van der Waals surface area (Å²) in [6.45, 7) is 1.30. The van der Waals surface area contributed by atoms with Gasteiger partial charge < -0.3 is 14.4 Å². The van der Waals surface area contributed by atoms with E-state index in [-0.39, 0.29) is 30.5 Å². The van der Waals surface area contributed by atoms with Crippen molar-refractivity contribution < 1.29 is 41.0 Å². The first kappa shape index (κ1) is 22.1. The summed E-state index contributed by atoms with van der Waals surface area (Å²) in [6, 6.07) is 3.18. The standard InChI is InChI=1S/C19H21F5N2O4/c1-12-2-7-16(27)26(9-12)13-8-18(20,21)11-25(10-13)17(28)29-14-3-5-15(6-4-14)30-19(22,23)24/h3-6,12-13H,2,7-11H2,1H3/t12?,13-/m1/s1. The molecule has 0 bridgehead atoms. The molecule has 6 nitrogen and oxygen atoms in total. The van der Waals surface area contributed by atoms with Gasteiger partial charge in [0.05, 0.1) is 12.6 Å². The number of hydrogen-bond donors (Lipinski definition) is 0.